The summed E-state index contributed by atoms with van der Waals surface area (Å²) in [7, 11) is 1.57. The number of nitrogens with zero attached hydrogens (tertiary/aromatic N) is 1. The highest BCUT2D eigenvalue weighted by molar-refractivity contribution is 7.98. The molecule has 6 heteroatoms. The van der Waals surface area contributed by atoms with E-state index >= 15 is 0 Å². The van der Waals surface area contributed by atoms with Crippen molar-refractivity contribution in [3.05, 3.63) is 33.9 Å². The number of nitrogens with one attached hydrogen (secondary N) is 1. The molecule has 0 fully saturated rings. The molecule has 0 aromatic heterocycles. The molecule has 0 unspecified atom stereocenters. The molecule has 0 bridgehead atoms. The predicted octanol–water partition coefficient (Wildman–Crippen LogP) is 2.52. The number of hydrogen-bond acceptors (Lipinski definition) is 5. The highest BCUT2D eigenvalue weighted by Gasteiger charge is 2.10. The fraction of sp³-hybridized carbons (Fsp3) is 0.455. The molecule has 5 nitrogen and oxygen atoms in total. The minimum absolute atomic E-state index is 0.0902. The molecule has 94 valence electrons. The van der Waals surface area contributed by atoms with Gasteiger partial charge in [-0.15, -0.1) is 0 Å². The molecule has 0 saturated carbocycles. The van der Waals surface area contributed by atoms with Crippen molar-refractivity contribution in [2.45, 2.75) is 6.61 Å². The lowest BCUT2D eigenvalue weighted by molar-refractivity contribution is -0.384. The molecule has 1 aromatic rings. The van der Waals surface area contributed by atoms with Gasteiger partial charge in [0, 0.05) is 42.8 Å². The smallest absolute Gasteiger partial charge is 0.269 e. The second kappa shape index (κ2) is 7.13. The van der Waals surface area contributed by atoms with E-state index in [2.05, 4.69) is 5.32 Å². The van der Waals surface area contributed by atoms with Gasteiger partial charge in [-0.1, -0.05) is 0 Å². The summed E-state index contributed by atoms with van der Waals surface area (Å²) in [6.07, 6.45) is 2.04. The summed E-state index contributed by atoms with van der Waals surface area (Å²) in [5.41, 5.74) is 1.79. The molecular formula is C11H16N2O3S. The van der Waals surface area contributed by atoms with Crippen LogP contribution in [0.2, 0.25) is 0 Å². The number of ether oxygens (including phenoxy) is 1. The Balaban J connectivity index is 2.83. The van der Waals surface area contributed by atoms with Crippen LogP contribution in [-0.4, -0.2) is 30.6 Å². The SMILES string of the molecule is COCc1cc([N+](=O)[O-])ccc1NCCSC. The van der Waals surface area contributed by atoms with Crippen LogP contribution in [0.25, 0.3) is 0 Å². The van der Waals surface area contributed by atoms with Crippen LogP contribution >= 0.6 is 11.8 Å². The lowest BCUT2D eigenvalue weighted by Gasteiger charge is -2.10. The fourth-order valence-electron chi connectivity index (χ4n) is 1.43. The molecule has 0 saturated heterocycles. The van der Waals surface area contributed by atoms with Gasteiger partial charge in [-0.05, 0) is 12.3 Å². The van der Waals surface area contributed by atoms with E-state index in [9.17, 15) is 10.1 Å². The first kappa shape index (κ1) is 13.8. The summed E-state index contributed by atoms with van der Waals surface area (Å²) < 4.78 is 5.04. The molecule has 0 aliphatic rings. The zero-order valence-corrected chi connectivity index (χ0v) is 10.8. The highest BCUT2D eigenvalue weighted by Crippen LogP contribution is 2.22. The van der Waals surface area contributed by atoms with E-state index < -0.39 is 4.92 Å². The number of methoxy groups -OCH3 is 1. The summed E-state index contributed by atoms with van der Waals surface area (Å²) in [6, 6.07) is 4.78. The van der Waals surface area contributed by atoms with Crippen LogP contribution in [-0.2, 0) is 11.3 Å². The molecule has 0 aliphatic carbocycles. The van der Waals surface area contributed by atoms with Crippen molar-refractivity contribution >= 4 is 23.1 Å². The second-order valence-electron chi connectivity index (χ2n) is 3.45. The lowest BCUT2D eigenvalue weighted by atomic mass is 10.1. The van der Waals surface area contributed by atoms with Crippen LogP contribution in [0.4, 0.5) is 11.4 Å². The molecule has 0 atom stereocenters. The van der Waals surface area contributed by atoms with Gasteiger partial charge in [0.05, 0.1) is 11.5 Å². The minimum Gasteiger partial charge on any atom is -0.384 e. The Bertz CT molecular complexity index is 385. The maximum Gasteiger partial charge on any atom is 0.269 e. The molecule has 1 rings (SSSR count). The fourth-order valence-corrected chi connectivity index (χ4v) is 1.74. The minimum atomic E-state index is -0.398. The Hall–Kier alpha value is -1.27. The average molecular weight is 256 g/mol. The Morgan fingerprint density at radius 2 is 2.29 bits per heavy atom. The third-order valence-electron chi connectivity index (χ3n) is 2.22. The lowest BCUT2D eigenvalue weighted by Crippen LogP contribution is -2.07. The van der Waals surface area contributed by atoms with Crippen molar-refractivity contribution in [2.75, 3.05) is 31.0 Å². The van der Waals surface area contributed by atoms with Gasteiger partial charge >= 0.3 is 0 Å². The average Bonchev–Trinajstić information content (AvgIpc) is 2.31. The molecule has 1 N–H and O–H groups in total. The predicted molar refractivity (Wildman–Crippen MR) is 70.7 cm³/mol. The van der Waals surface area contributed by atoms with Crippen LogP contribution in [0.15, 0.2) is 18.2 Å². The van der Waals surface area contributed by atoms with Crippen LogP contribution in [0, 0.1) is 10.1 Å². The molecule has 0 spiro atoms. The quantitative estimate of drug-likeness (QED) is 0.461. The first-order chi connectivity index (χ1) is 8.19. The van der Waals surface area contributed by atoms with Crippen LogP contribution in [0.5, 0.6) is 0 Å². The van der Waals surface area contributed by atoms with Gasteiger partial charge < -0.3 is 10.1 Å². The second-order valence-corrected chi connectivity index (χ2v) is 4.44. The maximum atomic E-state index is 10.7. The van der Waals surface area contributed by atoms with E-state index in [-0.39, 0.29) is 5.69 Å². The van der Waals surface area contributed by atoms with Crippen LogP contribution < -0.4 is 5.32 Å². The Morgan fingerprint density at radius 1 is 1.53 bits per heavy atom. The van der Waals surface area contributed by atoms with Crippen LogP contribution in [0.3, 0.4) is 0 Å². The first-order valence-electron chi connectivity index (χ1n) is 5.18. The van der Waals surface area contributed by atoms with E-state index in [1.54, 1.807) is 31.0 Å². The van der Waals surface area contributed by atoms with Gasteiger partial charge in [0.2, 0.25) is 0 Å². The molecular weight excluding hydrogens is 240 g/mol. The monoisotopic (exact) mass is 256 g/mol. The molecule has 0 heterocycles. The number of hydrogen-bond donors (Lipinski definition) is 1. The molecule has 0 amide bonds. The van der Waals surface area contributed by atoms with Gasteiger partial charge in [-0.3, -0.25) is 10.1 Å². The van der Waals surface area contributed by atoms with Crippen molar-refractivity contribution in [1.82, 2.24) is 0 Å². The summed E-state index contributed by atoms with van der Waals surface area (Å²) in [6.45, 7) is 1.19. The Labute approximate surface area is 105 Å². The number of anilines is 1. The third-order valence-corrected chi connectivity index (χ3v) is 2.83. The normalized spacial score (nSPS) is 10.2. The van der Waals surface area contributed by atoms with Gasteiger partial charge in [-0.2, -0.15) is 11.8 Å². The first-order valence-corrected chi connectivity index (χ1v) is 6.57. The molecule has 17 heavy (non-hydrogen) atoms. The summed E-state index contributed by atoms with van der Waals surface area (Å²) in [5, 5.41) is 13.9. The van der Waals surface area contributed by atoms with Gasteiger partial charge in [-0.25, -0.2) is 0 Å². The van der Waals surface area contributed by atoms with Crippen LogP contribution in [0.1, 0.15) is 5.56 Å². The number of rotatable bonds is 7. The maximum absolute atomic E-state index is 10.7. The number of non-ortho nitro benzene ring substituents is 1. The molecule has 0 radical (unpaired) electrons. The van der Waals surface area contributed by atoms with E-state index in [0.717, 1.165) is 23.5 Å². The zero-order chi connectivity index (χ0) is 12.7. The Morgan fingerprint density at radius 3 is 2.88 bits per heavy atom. The number of benzene rings is 1. The van der Waals surface area contributed by atoms with Gasteiger partial charge in [0.25, 0.3) is 5.69 Å². The number of thioether (sulfide) groups is 1. The van der Waals surface area contributed by atoms with E-state index in [1.165, 1.54) is 6.07 Å². The standard InChI is InChI=1S/C11H16N2O3S/c1-16-8-9-7-10(13(14)15)3-4-11(9)12-5-6-17-2/h3-4,7,12H,5-6,8H2,1-2H3. The summed E-state index contributed by atoms with van der Waals surface area (Å²) in [5.74, 6) is 0.989. The van der Waals surface area contributed by atoms with E-state index in [0.29, 0.717) is 6.61 Å². The third kappa shape index (κ3) is 4.24. The number of nitro benzene ring substituents is 1. The van der Waals surface area contributed by atoms with Gasteiger partial charge in [0.15, 0.2) is 0 Å². The topological polar surface area (TPSA) is 64.4 Å². The number of nitro groups is 1. The largest absolute Gasteiger partial charge is 0.384 e. The zero-order valence-electron chi connectivity index (χ0n) is 9.93. The van der Waals surface area contributed by atoms with E-state index in [1.807, 2.05) is 6.26 Å². The highest BCUT2D eigenvalue weighted by atomic mass is 32.2. The van der Waals surface area contributed by atoms with Crippen molar-refractivity contribution in [3.8, 4) is 0 Å². The van der Waals surface area contributed by atoms with E-state index in [4.69, 9.17) is 4.74 Å². The molecule has 1 aromatic carbocycles. The van der Waals surface area contributed by atoms with Crippen molar-refractivity contribution < 1.29 is 9.66 Å². The summed E-state index contributed by atoms with van der Waals surface area (Å²) >= 11 is 1.75. The van der Waals surface area contributed by atoms with Gasteiger partial charge in [0.1, 0.15) is 0 Å². The van der Waals surface area contributed by atoms with Crippen molar-refractivity contribution in [1.29, 1.82) is 0 Å². The Kier molecular flexibility index (Phi) is 5.79. The molecule has 0 aliphatic heterocycles. The summed E-state index contributed by atoms with van der Waals surface area (Å²) in [4.78, 5) is 10.3. The van der Waals surface area contributed by atoms with Crippen molar-refractivity contribution in [3.63, 3.8) is 0 Å². The van der Waals surface area contributed by atoms with Crippen molar-refractivity contribution in [2.24, 2.45) is 0 Å².